The average Bonchev–Trinajstić information content (AvgIpc) is 3.07. The molecule has 0 bridgehead atoms. The molecular weight excluding hydrogens is 437 g/mol. The summed E-state index contributed by atoms with van der Waals surface area (Å²) in [5.41, 5.74) is -0.0737. The Morgan fingerprint density at radius 1 is 1.11 bits per heavy atom. The smallest absolute Gasteiger partial charge is 0.435 e. The zero-order valence-electron chi connectivity index (χ0n) is 14.6. The fourth-order valence-electron chi connectivity index (χ4n) is 3.12. The summed E-state index contributed by atoms with van der Waals surface area (Å²) in [5.74, 6) is 0.429. The highest BCUT2D eigenvalue weighted by atomic mass is 79.9. The molecule has 1 aromatic carbocycles. The summed E-state index contributed by atoms with van der Waals surface area (Å²) < 4.78 is 48.9. The number of benzene rings is 1. The van der Waals surface area contributed by atoms with Crippen molar-refractivity contribution in [2.45, 2.75) is 12.2 Å². The number of ether oxygens (including phenoxy) is 1. The molecule has 2 aromatic heterocycles. The van der Waals surface area contributed by atoms with Crippen LogP contribution < -0.4 is 9.64 Å². The lowest BCUT2D eigenvalue weighted by molar-refractivity contribution is -0.141. The molecule has 144 valence electrons. The van der Waals surface area contributed by atoms with Gasteiger partial charge in [-0.1, -0.05) is 15.9 Å². The minimum absolute atomic E-state index is 0.0302. The van der Waals surface area contributed by atoms with Crippen LogP contribution in [0.15, 0.2) is 64.5 Å². The second kappa shape index (κ2) is 6.97. The van der Waals surface area contributed by atoms with Gasteiger partial charge in [-0.15, -0.1) is 0 Å². The van der Waals surface area contributed by atoms with Crippen LogP contribution in [-0.4, -0.2) is 22.7 Å². The Balaban J connectivity index is 1.93. The van der Waals surface area contributed by atoms with E-state index in [0.717, 1.165) is 10.2 Å². The first-order valence-electron chi connectivity index (χ1n) is 8.25. The molecule has 0 saturated carbocycles. The van der Waals surface area contributed by atoms with Crippen molar-refractivity contribution in [3.63, 3.8) is 0 Å². The minimum atomic E-state index is -4.62. The summed E-state index contributed by atoms with van der Waals surface area (Å²) in [6, 6.07) is 9.56. The summed E-state index contributed by atoms with van der Waals surface area (Å²) in [6.07, 6.45) is 1.54. The first-order chi connectivity index (χ1) is 13.4. The molecule has 1 aliphatic rings. The van der Waals surface area contributed by atoms with E-state index in [-0.39, 0.29) is 11.3 Å². The first kappa shape index (κ1) is 18.5. The molecule has 1 aliphatic heterocycles. The number of rotatable bonds is 3. The van der Waals surface area contributed by atoms with E-state index in [1.54, 1.807) is 17.2 Å². The molecule has 5 nitrogen and oxygen atoms in total. The molecule has 0 saturated heterocycles. The number of alkyl halides is 3. The molecule has 0 amide bonds. The lowest BCUT2D eigenvalue weighted by atomic mass is 10.1. The predicted molar refractivity (Wildman–Crippen MR) is 104 cm³/mol. The van der Waals surface area contributed by atoms with Crippen molar-refractivity contribution < 1.29 is 17.9 Å². The monoisotopic (exact) mass is 450 g/mol. The van der Waals surface area contributed by atoms with Gasteiger partial charge in [-0.2, -0.15) is 13.2 Å². The largest absolute Gasteiger partial charge is 0.495 e. The van der Waals surface area contributed by atoms with Crippen molar-refractivity contribution in [1.82, 2.24) is 9.38 Å². The van der Waals surface area contributed by atoms with Crippen molar-refractivity contribution in [3.8, 4) is 5.75 Å². The van der Waals surface area contributed by atoms with Crippen LogP contribution in [0.1, 0.15) is 17.4 Å². The van der Waals surface area contributed by atoms with Gasteiger partial charge >= 0.3 is 6.18 Å². The van der Waals surface area contributed by atoms with E-state index in [9.17, 15) is 13.2 Å². The van der Waals surface area contributed by atoms with E-state index in [1.807, 2.05) is 24.3 Å². The van der Waals surface area contributed by atoms with Gasteiger partial charge < -0.3 is 9.64 Å². The molecule has 4 rings (SSSR count). The third kappa shape index (κ3) is 3.26. The highest BCUT2D eigenvalue weighted by molar-refractivity contribution is 9.10. The Morgan fingerprint density at radius 2 is 1.86 bits per heavy atom. The zero-order chi connectivity index (χ0) is 19.9. The van der Waals surface area contributed by atoms with Gasteiger partial charge in [0, 0.05) is 28.8 Å². The number of fused-ring (bicyclic) bond motifs is 1. The summed E-state index contributed by atoms with van der Waals surface area (Å²) in [4.78, 5) is 9.64. The standard InChI is InChI=1S/C19H14BrF3N4O/c1-28-14-6-7-16-25-18(19(21,22)23)17(27(16)11-14)15-10-24-8-9-26(15)13-4-2-12(20)3-5-13/h2-11,15H,1H3. The molecule has 9 heteroatoms. The van der Waals surface area contributed by atoms with Gasteiger partial charge in [0.15, 0.2) is 5.69 Å². The van der Waals surface area contributed by atoms with Gasteiger partial charge in [-0.3, -0.25) is 9.39 Å². The van der Waals surface area contributed by atoms with E-state index >= 15 is 0 Å². The lowest BCUT2D eigenvalue weighted by Crippen LogP contribution is -2.29. The number of methoxy groups -OCH3 is 1. The summed E-state index contributed by atoms with van der Waals surface area (Å²) in [5, 5.41) is 0. The van der Waals surface area contributed by atoms with Crippen LogP contribution in [0.2, 0.25) is 0 Å². The fourth-order valence-corrected chi connectivity index (χ4v) is 3.39. The van der Waals surface area contributed by atoms with Gasteiger partial charge in [0.05, 0.1) is 19.0 Å². The fraction of sp³-hybridized carbons (Fsp3) is 0.158. The molecule has 0 fully saturated rings. The van der Waals surface area contributed by atoms with Crippen molar-refractivity contribution in [1.29, 1.82) is 0 Å². The number of anilines is 1. The second-order valence-electron chi connectivity index (χ2n) is 6.07. The lowest BCUT2D eigenvalue weighted by Gasteiger charge is -2.30. The minimum Gasteiger partial charge on any atom is -0.495 e. The van der Waals surface area contributed by atoms with Crippen LogP contribution >= 0.6 is 15.9 Å². The van der Waals surface area contributed by atoms with Gasteiger partial charge in [-0.25, -0.2) is 4.98 Å². The number of aliphatic imine (C=N–C) groups is 1. The molecule has 28 heavy (non-hydrogen) atoms. The third-order valence-corrected chi connectivity index (χ3v) is 4.91. The van der Waals surface area contributed by atoms with E-state index in [1.165, 1.54) is 36.2 Å². The van der Waals surface area contributed by atoms with Crippen LogP contribution in [0.5, 0.6) is 5.75 Å². The van der Waals surface area contributed by atoms with E-state index in [0.29, 0.717) is 5.75 Å². The topological polar surface area (TPSA) is 42.1 Å². The number of imidazole rings is 1. The van der Waals surface area contributed by atoms with Crippen LogP contribution in [0.25, 0.3) is 5.65 Å². The SMILES string of the molecule is COc1ccc2nc(C(F)(F)F)c(C3C=NC=CN3c3ccc(Br)cc3)n2c1. The number of hydrogen-bond acceptors (Lipinski definition) is 4. The Kier molecular flexibility index (Phi) is 4.62. The van der Waals surface area contributed by atoms with Crippen molar-refractivity contribution in [2.75, 3.05) is 12.0 Å². The Bertz CT molecular complexity index is 1070. The molecule has 1 atom stereocenters. The van der Waals surface area contributed by atoms with Crippen LogP contribution in [0.4, 0.5) is 18.9 Å². The van der Waals surface area contributed by atoms with Crippen molar-refractivity contribution >= 4 is 33.5 Å². The highest BCUT2D eigenvalue weighted by Gasteiger charge is 2.41. The van der Waals surface area contributed by atoms with Gasteiger partial charge in [0.2, 0.25) is 0 Å². The van der Waals surface area contributed by atoms with Crippen molar-refractivity contribution in [3.05, 3.63) is 70.9 Å². The summed E-state index contributed by atoms with van der Waals surface area (Å²) >= 11 is 3.37. The number of halogens is 4. The van der Waals surface area contributed by atoms with E-state index < -0.39 is 17.9 Å². The molecule has 0 radical (unpaired) electrons. The molecule has 0 N–H and O–H groups in total. The quantitative estimate of drug-likeness (QED) is 0.548. The van der Waals surface area contributed by atoms with Crippen LogP contribution in [0.3, 0.4) is 0 Å². The molecule has 3 aromatic rings. The van der Waals surface area contributed by atoms with Crippen LogP contribution in [0, 0.1) is 0 Å². The molecule has 0 spiro atoms. The van der Waals surface area contributed by atoms with Gasteiger partial charge in [0.25, 0.3) is 0 Å². The number of pyridine rings is 1. The Morgan fingerprint density at radius 3 is 2.54 bits per heavy atom. The molecule has 3 heterocycles. The highest BCUT2D eigenvalue weighted by Crippen LogP contribution is 2.39. The summed E-state index contributed by atoms with van der Waals surface area (Å²) in [7, 11) is 1.46. The maximum absolute atomic E-state index is 13.8. The Hall–Kier alpha value is -2.81. The predicted octanol–water partition coefficient (Wildman–Crippen LogP) is 5.23. The molecular formula is C19H14BrF3N4O. The maximum atomic E-state index is 13.8. The van der Waals surface area contributed by atoms with E-state index in [2.05, 4.69) is 25.9 Å². The molecule has 1 unspecified atom stereocenters. The number of aromatic nitrogens is 2. The molecule has 0 aliphatic carbocycles. The van der Waals surface area contributed by atoms with Gasteiger partial charge in [0.1, 0.15) is 17.4 Å². The zero-order valence-corrected chi connectivity index (χ0v) is 16.1. The summed E-state index contributed by atoms with van der Waals surface area (Å²) in [6.45, 7) is 0. The Labute approximate surface area is 166 Å². The average molecular weight is 451 g/mol. The van der Waals surface area contributed by atoms with E-state index in [4.69, 9.17) is 4.74 Å². The normalized spacial score (nSPS) is 16.8. The number of nitrogens with zero attached hydrogens (tertiary/aromatic N) is 4. The van der Waals surface area contributed by atoms with Crippen molar-refractivity contribution in [2.24, 2.45) is 4.99 Å². The number of hydrogen-bond donors (Lipinski definition) is 0. The maximum Gasteiger partial charge on any atom is 0.435 e. The van der Waals surface area contributed by atoms with Gasteiger partial charge in [-0.05, 0) is 36.4 Å². The third-order valence-electron chi connectivity index (χ3n) is 4.38. The van der Waals surface area contributed by atoms with Crippen LogP contribution in [-0.2, 0) is 6.18 Å². The first-order valence-corrected chi connectivity index (χ1v) is 9.05. The second-order valence-corrected chi connectivity index (χ2v) is 6.98.